The minimum absolute atomic E-state index is 0.0212. The number of benzene rings is 1. The minimum atomic E-state index is -0.516. The van der Waals surface area contributed by atoms with Crippen LogP contribution in [-0.4, -0.2) is 4.98 Å². The molecule has 0 radical (unpaired) electrons. The molecular formula is C13H10FN3S. The number of anilines is 1. The fourth-order valence-electron chi connectivity index (χ4n) is 1.82. The summed E-state index contributed by atoms with van der Waals surface area (Å²) in [7, 11) is 0. The van der Waals surface area contributed by atoms with Gasteiger partial charge in [-0.25, -0.2) is 9.37 Å². The van der Waals surface area contributed by atoms with E-state index in [1.54, 1.807) is 6.07 Å². The lowest BCUT2D eigenvalue weighted by Gasteiger charge is -2.00. The van der Waals surface area contributed by atoms with Crippen LogP contribution in [-0.2, 0) is 0 Å². The van der Waals surface area contributed by atoms with E-state index < -0.39 is 5.82 Å². The van der Waals surface area contributed by atoms with Crippen LogP contribution in [0.5, 0.6) is 0 Å². The van der Waals surface area contributed by atoms with Gasteiger partial charge in [0.2, 0.25) is 0 Å². The second-order valence-corrected chi connectivity index (χ2v) is 5.41. The standard InChI is InChI=1S/C13H10FN3S/c14-10-4-3-8(5-9(10)6-15)11-12(16)18-13(17-11)7-1-2-7/h3-5,7H,1-2,16H2. The molecule has 0 unspecified atom stereocenters. The number of aromatic nitrogens is 1. The van der Waals surface area contributed by atoms with E-state index in [2.05, 4.69) is 4.98 Å². The molecule has 3 nitrogen and oxygen atoms in total. The Hall–Kier alpha value is -1.93. The number of nitriles is 1. The first-order valence-corrected chi connectivity index (χ1v) is 6.47. The van der Waals surface area contributed by atoms with Crippen LogP contribution >= 0.6 is 11.3 Å². The summed E-state index contributed by atoms with van der Waals surface area (Å²) >= 11 is 1.49. The van der Waals surface area contributed by atoms with Crippen LogP contribution in [0.2, 0.25) is 0 Å². The van der Waals surface area contributed by atoms with Crippen LogP contribution in [0.3, 0.4) is 0 Å². The number of nitrogen functional groups attached to an aromatic ring is 1. The van der Waals surface area contributed by atoms with E-state index in [9.17, 15) is 4.39 Å². The lowest BCUT2D eigenvalue weighted by Crippen LogP contribution is -1.89. The van der Waals surface area contributed by atoms with Gasteiger partial charge in [0.25, 0.3) is 0 Å². The number of thiazole rings is 1. The number of hydrogen-bond acceptors (Lipinski definition) is 4. The smallest absolute Gasteiger partial charge is 0.140 e. The highest BCUT2D eigenvalue weighted by Gasteiger charge is 2.28. The van der Waals surface area contributed by atoms with E-state index in [1.807, 2.05) is 6.07 Å². The third-order valence-corrected chi connectivity index (χ3v) is 4.00. The topological polar surface area (TPSA) is 62.7 Å². The molecule has 1 aromatic carbocycles. The van der Waals surface area contributed by atoms with Gasteiger partial charge in [0.1, 0.15) is 22.6 Å². The SMILES string of the molecule is N#Cc1cc(-c2nc(C3CC3)sc2N)ccc1F. The van der Waals surface area contributed by atoms with E-state index in [4.69, 9.17) is 11.0 Å². The van der Waals surface area contributed by atoms with Crippen LogP contribution in [0.1, 0.15) is 29.3 Å². The molecule has 90 valence electrons. The molecule has 1 aliphatic rings. The highest BCUT2D eigenvalue weighted by molar-refractivity contribution is 7.16. The molecule has 1 aliphatic carbocycles. The Bertz CT molecular complexity index is 653. The Labute approximate surface area is 108 Å². The average Bonchev–Trinajstić information content (AvgIpc) is 3.14. The molecule has 0 amide bonds. The Morgan fingerprint density at radius 2 is 2.22 bits per heavy atom. The van der Waals surface area contributed by atoms with Crippen LogP contribution < -0.4 is 5.73 Å². The predicted octanol–water partition coefficient (Wildman–Crippen LogP) is 3.28. The van der Waals surface area contributed by atoms with Crippen molar-refractivity contribution in [3.05, 3.63) is 34.6 Å². The van der Waals surface area contributed by atoms with Crippen molar-refractivity contribution in [3.8, 4) is 17.3 Å². The zero-order chi connectivity index (χ0) is 12.7. The van der Waals surface area contributed by atoms with E-state index >= 15 is 0 Å². The van der Waals surface area contributed by atoms with Gasteiger partial charge in [-0.15, -0.1) is 11.3 Å². The predicted molar refractivity (Wildman–Crippen MR) is 68.6 cm³/mol. The van der Waals surface area contributed by atoms with Gasteiger partial charge in [-0.1, -0.05) is 0 Å². The van der Waals surface area contributed by atoms with Crippen molar-refractivity contribution in [2.75, 3.05) is 5.73 Å². The highest BCUT2D eigenvalue weighted by Crippen LogP contribution is 2.45. The van der Waals surface area contributed by atoms with Gasteiger partial charge < -0.3 is 5.73 Å². The largest absolute Gasteiger partial charge is 0.389 e. The van der Waals surface area contributed by atoms with Crippen molar-refractivity contribution < 1.29 is 4.39 Å². The summed E-state index contributed by atoms with van der Waals surface area (Å²) in [5, 5.41) is 10.5. The lowest BCUT2D eigenvalue weighted by molar-refractivity contribution is 0.624. The van der Waals surface area contributed by atoms with Crippen molar-refractivity contribution >= 4 is 16.3 Å². The Morgan fingerprint density at radius 1 is 1.44 bits per heavy atom. The average molecular weight is 259 g/mol. The zero-order valence-electron chi connectivity index (χ0n) is 9.48. The van der Waals surface area contributed by atoms with Crippen LogP contribution in [0.15, 0.2) is 18.2 Å². The van der Waals surface area contributed by atoms with E-state index in [-0.39, 0.29) is 5.56 Å². The Balaban J connectivity index is 2.06. The lowest BCUT2D eigenvalue weighted by atomic mass is 10.1. The summed E-state index contributed by atoms with van der Waals surface area (Å²) in [6, 6.07) is 6.21. The quantitative estimate of drug-likeness (QED) is 0.900. The molecule has 0 aliphatic heterocycles. The molecule has 3 rings (SSSR count). The monoisotopic (exact) mass is 259 g/mol. The first kappa shape index (κ1) is 11.2. The Kier molecular flexibility index (Phi) is 2.53. The highest BCUT2D eigenvalue weighted by atomic mass is 32.1. The summed E-state index contributed by atoms with van der Waals surface area (Å²) < 4.78 is 13.3. The van der Waals surface area contributed by atoms with Crippen LogP contribution in [0.4, 0.5) is 9.39 Å². The number of rotatable bonds is 2. The second kappa shape index (κ2) is 4.07. The maximum absolute atomic E-state index is 13.3. The fourth-order valence-corrected chi connectivity index (χ4v) is 2.84. The first-order valence-electron chi connectivity index (χ1n) is 5.65. The van der Waals surface area contributed by atoms with Gasteiger partial charge in [-0.05, 0) is 31.0 Å². The maximum atomic E-state index is 13.3. The summed E-state index contributed by atoms with van der Waals surface area (Å²) in [5.74, 6) is 0.0272. The van der Waals surface area contributed by atoms with Gasteiger partial charge in [0.15, 0.2) is 0 Å². The molecule has 5 heteroatoms. The van der Waals surface area contributed by atoms with Gasteiger partial charge in [0.05, 0.1) is 10.6 Å². The van der Waals surface area contributed by atoms with E-state index in [0.717, 1.165) is 5.01 Å². The zero-order valence-corrected chi connectivity index (χ0v) is 10.3. The van der Waals surface area contributed by atoms with Crippen LogP contribution in [0.25, 0.3) is 11.3 Å². The normalized spacial score (nSPS) is 14.4. The summed E-state index contributed by atoms with van der Waals surface area (Å²) in [4.78, 5) is 4.51. The number of nitrogens with two attached hydrogens (primary N) is 1. The maximum Gasteiger partial charge on any atom is 0.140 e. The van der Waals surface area contributed by atoms with Gasteiger partial charge >= 0.3 is 0 Å². The summed E-state index contributed by atoms with van der Waals surface area (Å²) in [5.41, 5.74) is 7.34. The van der Waals surface area contributed by atoms with Crippen molar-refractivity contribution in [1.29, 1.82) is 5.26 Å². The first-order chi connectivity index (χ1) is 8.69. The molecular weight excluding hydrogens is 249 g/mol. The Morgan fingerprint density at radius 3 is 2.89 bits per heavy atom. The third kappa shape index (κ3) is 1.85. The molecule has 0 spiro atoms. The molecule has 2 aromatic rings. The van der Waals surface area contributed by atoms with Crippen LogP contribution in [0, 0.1) is 17.1 Å². The van der Waals surface area contributed by atoms with E-state index in [1.165, 1.54) is 36.3 Å². The van der Waals surface area contributed by atoms with Crippen molar-refractivity contribution in [3.63, 3.8) is 0 Å². The summed E-state index contributed by atoms with van der Waals surface area (Å²) in [6.07, 6.45) is 2.33. The number of halogens is 1. The van der Waals surface area contributed by atoms with Crippen molar-refractivity contribution in [1.82, 2.24) is 4.98 Å². The molecule has 1 fully saturated rings. The minimum Gasteiger partial charge on any atom is -0.389 e. The third-order valence-electron chi connectivity index (χ3n) is 2.96. The molecule has 2 N–H and O–H groups in total. The molecule has 0 saturated heterocycles. The molecule has 0 bridgehead atoms. The van der Waals surface area contributed by atoms with Gasteiger partial charge in [-0.2, -0.15) is 5.26 Å². The number of nitrogens with zero attached hydrogens (tertiary/aromatic N) is 2. The van der Waals surface area contributed by atoms with Gasteiger partial charge in [0, 0.05) is 11.5 Å². The number of hydrogen-bond donors (Lipinski definition) is 1. The molecule has 1 saturated carbocycles. The van der Waals surface area contributed by atoms with E-state index in [0.29, 0.717) is 22.2 Å². The molecule has 0 atom stereocenters. The van der Waals surface area contributed by atoms with Gasteiger partial charge in [-0.3, -0.25) is 0 Å². The molecule has 1 aromatic heterocycles. The molecule has 1 heterocycles. The molecule has 18 heavy (non-hydrogen) atoms. The fraction of sp³-hybridized carbons (Fsp3) is 0.231. The van der Waals surface area contributed by atoms with Crippen molar-refractivity contribution in [2.45, 2.75) is 18.8 Å². The summed E-state index contributed by atoms with van der Waals surface area (Å²) in [6.45, 7) is 0. The second-order valence-electron chi connectivity index (χ2n) is 4.35. The van der Waals surface area contributed by atoms with Crippen molar-refractivity contribution in [2.24, 2.45) is 0 Å².